The quantitative estimate of drug-likeness (QED) is 0.480. The molecule has 1 fully saturated rings. The predicted molar refractivity (Wildman–Crippen MR) is 87.9 cm³/mol. The van der Waals surface area contributed by atoms with Gasteiger partial charge in [-0.3, -0.25) is 0 Å². The van der Waals surface area contributed by atoms with Crippen molar-refractivity contribution in [2.24, 2.45) is 0 Å². The van der Waals surface area contributed by atoms with Crippen molar-refractivity contribution in [3.05, 3.63) is 16.1 Å². The van der Waals surface area contributed by atoms with Gasteiger partial charge in [0, 0.05) is 6.54 Å². The van der Waals surface area contributed by atoms with Gasteiger partial charge in [0.15, 0.2) is 16.1 Å². The maximum atomic E-state index is 14.3. The van der Waals surface area contributed by atoms with Crippen LogP contribution >= 0.6 is 35.0 Å². The molecule has 0 amide bonds. The lowest BCUT2D eigenvalue weighted by Gasteiger charge is -2.27. The molecule has 2 atom stereocenters. The minimum atomic E-state index is -0.773. The van der Waals surface area contributed by atoms with E-state index in [2.05, 4.69) is 15.0 Å². The third kappa shape index (κ3) is 2.83. The summed E-state index contributed by atoms with van der Waals surface area (Å²) in [5, 5.41) is 19.7. The summed E-state index contributed by atoms with van der Waals surface area (Å²) in [5.41, 5.74) is -0.0255. The van der Waals surface area contributed by atoms with Gasteiger partial charge in [0.05, 0.1) is 24.1 Å². The Morgan fingerprint density at radius 1 is 1.30 bits per heavy atom. The molecule has 2 unspecified atom stereocenters. The average Bonchev–Trinajstić information content (AvgIpc) is 2.92. The van der Waals surface area contributed by atoms with E-state index in [4.69, 9.17) is 23.2 Å². The predicted octanol–water partition coefficient (Wildman–Crippen LogP) is 2.12. The van der Waals surface area contributed by atoms with Crippen molar-refractivity contribution in [2.45, 2.75) is 23.7 Å². The van der Waals surface area contributed by atoms with Crippen LogP contribution in [0.3, 0.4) is 0 Å². The lowest BCUT2D eigenvalue weighted by Crippen LogP contribution is -2.39. The number of hydrogen-bond donors (Lipinski definition) is 2. The van der Waals surface area contributed by atoms with Crippen LogP contribution in [0.2, 0.25) is 10.3 Å². The van der Waals surface area contributed by atoms with Gasteiger partial charge in [0.25, 0.3) is 0 Å². The van der Waals surface area contributed by atoms with Gasteiger partial charge in [-0.15, -0.1) is 0 Å². The fourth-order valence-corrected chi connectivity index (χ4v) is 3.52. The van der Waals surface area contributed by atoms with E-state index in [0.717, 1.165) is 0 Å². The van der Waals surface area contributed by atoms with Gasteiger partial charge in [0.1, 0.15) is 16.5 Å². The Bertz CT molecular complexity index is 767. The van der Waals surface area contributed by atoms with E-state index in [0.29, 0.717) is 23.9 Å². The molecule has 3 heterocycles. The molecule has 124 valence electrons. The molecular weight excluding hydrogens is 366 g/mol. The Kier molecular flexibility index (Phi) is 4.80. The highest BCUT2D eigenvalue weighted by Gasteiger charge is 2.35. The van der Waals surface area contributed by atoms with Gasteiger partial charge >= 0.3 is 0 Å². The van der Waals surface area contributed by atoms with Crippen molar-refractivity contribution in [1.29, 1.82) is 0 Å². The van der Waals surface area contributed by atoms with E-state index in [1.165, 1.54) is 11.8 Å². The summed E-state index contributed by atoms with van der Waals surface area (Å²) in [6.07, 6.45) is 1.52. The van der Waals surface area contributed by atoms with Crippen molar-refractivity contribution in [2.75, 3.05) is 24.3 Å². The molecule has 0 saturated carbocycles. The van der Waals surface area contributed by atoms with Gasteiger partial charge < -0.3 is 15.1 Å². The Morgan fingerprint density at radius 2 is 2.04 bits per heavy atom. The van der Waals surface area contributed by atoms with E-state index in [1.54, 1.807) is 11.2 Å². The van der Waals surface area contributed by atoms with E-state index >= 15 is 0 Å². The highest BCUT2D eigenvalue weighted by molar-refractivity contribution is 7.98. The van der Waals surface area contributed by atoms with E-state index in [-0.39, 0.29) is 27.8 Å². The first-order chi connectivity index (χ1) is 11.0. The van der Waals surface area contributed by atoms with Crippen LogP contribution in [0.25, 0.3) is 10.9 Å². The summed E-state index contributed by atoms with van der Waals surface area (Å²) in [7, 11) is 0. The topological polar surface area (TPSA) is 82.4 Å². The number of thioether (sulfide) groups is 1. The van der Waals surface area contributed by atoms with Gasteiger partial charge in [-0.05, 0) is 12.7 Å². The van der Waals surface area contributed by atoms with Crippen LogP contribution < -0.4 is 4.90 Å². The van der Waals surface area contributed by atoms with Crippen LogP contribution in [-0.2, 0) is 0 Å². The molecule has 2 aromatic rings. The summed E-state index contributed by atoms with van der Waals surface area (Å²) in [6.45, 7) is 0.190. The van der Waals surface area contributed by atoms with Crippen molar-refractivity contribution in [1.82, 2.24) is 15.0 Å². The summed E-state index contributed by atoms with van der Waals surface area (Å²) in [5.74, 6) is -0.437. The second kappa shape index (κ2) is 6.52. The highest BCUT2D eigenvalue weighted by atomic mass is 35.5. The summed E-state index contributed by atoms with van der Waals surface area (Å²) in [6, 6.07) is -0.544. The number of fused-ring (bicyclic) bond motifs is 1. The molecule has 1 saturated heterocycles. The molecule has 0 aromatic carbocycles. The van der Waals surface area contributed by atoms with Gasteiger partial charge in [-0.2, -0.15) is 0 Å². The second-order valence-corrected chi connectivity index (χ2v) is 6.55. The van der Waals surface area contributed by atoms with Crippen LogP contribution in [-0.4, -0.2) is 56.7 Å². The normalized spacial score (nSPS) is 21.4. The lowest BCUT2D eigenvalue weighted by atomic mass is 10.2. The molecule has 1 aliphatic rings. The summed E-state index contributed by atoms with van der Waals surface area (Å²) < 4.78 is 14.3. The number of aromatic nitrogens is 3. The maximum Gasteiger partial charge on any atom is 0.189 e. The largest absolute Gasteiger partial charge is 0.394 e. The first-order valence-electron chi connectivity index (χ1n) is 6.79. The number of nitrogens with zero attached hydrogens (tertiary/aromatic N) is 4. The SMILES string of the molecule is CSc1nc(N2CCC(O)C2CO)c2c(Cl)nc(Cl)c(F)c2n1. The zero-order valence-electron chi connectivity index (χ0n) is 12.0. The Balaban J connectivity index is 2.29. The molecular formula is C13H13Cl2FN4O2S. The average molecular weight is 379 g/mol. The number of halogens is 3. The fourth-order valence-electron chi connectivity index (χ4n) is 2.69. The third-order valence-electron chi connectivity index (χ3n) is 3.81. The zero-order chi connectivity index (χ0) is 16.7. The monoisotopic (exact) mass is 378 g/mol. The second-order valence-electron chi connectivity index (χ2n) is 5.06. The minimum Gasteiger partial charge on any atom is -0.394 e. The molecule has 3 rings (SSSR count). The molecule has 0 aliphatic carbocycles. The van der Waals surface area contributed by atoms with E-state index in [1.807, 2.05) is 0 Å². The van der Waals surface area contributed by atoms with E-state index in [9.17, 15) is 14.6 Å². The van der Waals surface area contributed by atoms with Crippen molar-refractivity contribution < 1.29 is 14.6 Å². The maximum absolute atomic E-state index is 14.3. The van der Waals surface area contributed by atoms with Crippen molar-refractivity contribution >= 4 is 51.7 Å². The van der Waals surface area contributed by atoms with Crippen LogP contribution in [0.1, 0.15) is 6.42 Å². The number of hydrogen-bond acceptors (Lipinski definition) is 7. The third-order valence-corrected chi connectivity index (χ3v) is 4.88. The molecule has 6 nitrogen and oxygen atoms in total. The number of aliphatic hydroxyl groups is 2. The van der Waals surface area contributed by atoms with Crippen molar-refractivity contribution in [3.63, 3.8) is 0 Å². The molecule has 0 spiro atoms. The Labute approximate surface area is 145 Å². The molecule has 0 radical (unpaired) electrons. The smallest absolute Gasteiger partial charge is 0.189 e. The van der Waals surface area contributed by atoms with Crippen LogP contribution in [0.15, 0.2) is 5.16 Å². The Morgan fingerprint density at radius 3 is 2.70 bits per heavy atom. The Hall–Kier alpha value is -0.930. The van der Waals surface area contributed by atoms with Crippen molar-refractivity contribution in [3.8, 4) is 0 Å². The van der Waals surface area contributed by atoms with Crippen LogP contribution in [0.4, 0.5) is 10.2 Å². The fraction of sp³-hybridized carbons (Fsp3) is 0.462. The van der Waals surface area contributed by atoms with Gasteiger partial charge in [-0.25, -0.2) is 19.3 Å². The van der Waals surface area contributed by atoms with Crippen LogP contribution in [0.5, 0.6) is 0 Å². The minimum absolute atomic E-state index is 0.0212. The molecule has 10 heteroatoms. The number of pyridine rings is 1. The lowest BCUT2D eigenvalue weighted by molar-refractivity contribution is 0.128. The number of anilines is 1. The summed E-state index contributed by atoms with van der Waals surface area (Å²) in [4.78, 5) is 14.0. The molecule has 0 bridgehead atoms. The van der Waals surface area contributed by atoms with Gasteiger partial charge in [-0.1, -0.05) is 35.0 Å². The molecule has 1 aliphatic heterocycles. The molecule has 23 heavy (non-hydrogen) atoms. The van der Waals surface area contributed by atoms with E-state index < -0.39 is 18.0 Å². The standard InChI is InChI=1S/C13H13Cl2FN4O2S/c1-23-13-17-9-7(10(14)18-11(15)8(9)16)12(19-13)20-3-2-6(22)5(20)4-21/h5-6,21-22H,2-4H2,1H3. The first-order valence-corrected chi connectivity index (χ1v) is 8.77. The summed E-state index contributed by atoms with van der Waals surface area (Å²) >= 11 is 13.1. The number of rotatable bonds is 3. The molecule has 2 N–H and O–H groups in total. The highest BCUT2D eigenvalue weighted by Crippen LogP contribution is 2.37. The first kappa shape index (κ1) is 16.9. The zero-order valence-corrected chi connectivity index (χ0v) is 14.3. The van der Waals surface area contributed by atoms with Gasteiger partial charge in [0.2, 0.25) is 0 Å². The number of aliphatic hydroxyl groups excluding tert-OH is 2. The van der Waals surface area contributed by atoms with Crippen LogP contribution in [0, 0.1) is 5.82 Å². The molecule has 2 aromatic heterocycles.